The maximum absolute atomic E-state index is 12.8. The van der Waals surface area contributed by atoms with Crippen LogP contribution < -0.4 is 19.5 Å². The molecule has 3 aromatic rings. The van der Waals surface area contributed by atoms with E-state index in [-0.39, 0.29) is 11.8 Å². The Morgan fingerprint density at radius 2 is 1.75 bits per heavy atom. The molecule has 2 N–H and O–H groups in total. The summed E-state index contributed by atoms with van der Waals surface area (Å²) in [5.41, 5.74) is 2.33. The summed E-state index contributed by atoms with van der Waals surface area (Å²) < 4.78 is 16.3. The molecule has 1 atom stereocenters. The predicted molar refractivity (Wildman–Crippen MR) is 110 cm³/mol. The van der Waals surface area contributed by atoms with Gasteiger partial charge in [-0.1, -0.05) is 37.3 Å². The molecule has 0 spiro atoms. The fourth-order valence-electron chi connectivity index (χ4n) is 3.39. The highest BCUT2D eigenvalue weighted by molar-refractivity contribution is 6.02. The Kier molecular flexibility index (Phi) is 6.09. The predicted octanol–water partition coefficient (Wildman–Crippen LogP) is 4.12. The van der Waals surface area contributed by atoms with Gasteiger partial charge >= 0.3 is 0 Å². The zero-order valence-corrected chi connectivity index (χ0v) is 16.7. The molecule has 2 aromatic carbocycles. The summed E-state index contributed by atoms with van der Waals surface area (Å²) in [6.45, 7) is 2.68. The van der Waals surface area contributed by atoms with E-state index >= 15 is 0 Å². The fourth-order valence-corrected chi connectivity index (χ4v) is 3.39. The largest absolute Gasteiger partial charge is 0.496 e. The number of hydrogen-bond donors (Lipinski definition) is 2. The van der Waals surface area contributed by atoms with Crippen LogP contribution in [0.5, 0.6) is 17.2 Å². The molecular formula is C22H26N2O4. The number of aromatic nitrogens is 1. The Hall–Kier alpha value is -3.15. The smallest absolute Gasteiger partial charge is 0.267 e. The molecule has 0 aliphatic heterocycles. The van der Waals surface area contributed by atoms with E-state index in [4.69, 9.17) is 14.2 Å². The number of ether oxygens (including phenoxy) is 3. The minimum absolute atomic E-state index is 0.173. The van der Waals surface area contributed by atoms with Crippen LogP contribution >= 0.6 is 0 Å². The molecule has 1 heterocycles. The highest BCUT2D eigenvalue weighted by Crippen LogP contribution is 2.41. The lowest BCUT2D eigenvalue weighted by Gasteiger charge is -2.15. The molecule has 0 aliphatic carbocycles. The fraction of sp³-hybridized carbons (Fsp3) is 0.318. The van der Waals surface area contributed by atoms with Crippen LogP contribution in [0.1, 0.15) is 35.3 Å². The lowest BCUT2D eigenvalue weighted by Crippen LogP contribution is -2.28. The van der Waals surface area contributed by atoms with Crippen molar-refractivity contribution in [2.75, 3.05) is 27.9 Å². The quantitative estimate of drug-likeness (QED) is 0.615. The third-order valence-corrected chi connectivity index (χ3v) is 4.96. The molecule has 0 unspecified atom stereocenters. The van der Waals surface area contributed by atoms with E-state index in [0.29, 0.717) is 35.0 Å². The Labute approximate surface area is 164 Å². The van der Waals surface area contributed by atoms with Crippen molar-refractivity contribution in [1.29, 1.82) is 0 Å². The lowest BCUT2D eigenvalue weighted by atomic mass is 9.96. The summed E-state index contributed by atoms with van der Waals surface area (Å²) >= 11 is 0. The van der Waals surface area contributed by atoms with Crippen LogP contribution in [0.3, 0.4) is 0 Å². The summed E-state index contributed by atoms with van der Waals surface area (Å²) in [5.74, 6) is 1.77. The molecule has 1 amide bonds. The van der Waals surface area contributed by atoms with Crippen LogP contribution in [0.2, 0.25) is 0 Å². The molecule has 6 heteroatoms. The van der Waals surface area contributed by atoms with E-state index in [1.165, 1.54) is 5.56 Å². The zero-order chi connectivity index (χ0) is 20.1. The van der Waals surface area contributed by atoms with E-state index in [2.05, 4.69) is 29.4 Å². The van der Waals surface area contributed by atoms with Crippen LogP contribution in [0.25, 0.3) is 10.9 Å². The van der Waals surface area contributed by atoms with Gasteiger partial charge in [0.1, 0.15) is 11.4 Å². The van der Waals surface area contributed by atoms with E-state index in [0.717, 1.165) is 11.8 Å². The number of aromatic amines is 1. The minimum atomic E-state index is -0.173. The number of benzene rings is 2. The van der Waals surface area contributed by atoms with Crippen LogP contribution in [0.15, 0.2) is 42.5 Å². The third kappa shape index (κ3) is 3.76. The van der Waals surface area contributed by atoms with Crippen molar-refractivity contribution in [3.8, 4) is 17.2 Å². The average molecular weight is 382 g/mol. The van der Waals surface area contributed by atoms with Gasteiger partial charge in [-0.15, -0.1) is 0 Å². The van der Waals surface area contributed by atoms with Gasteiger partial charge in [0.2, 0.25) is 0 Å². The number of nitrogens with one attached hydrogen (secondary N) is 2. The molecule has 0 aliphatic rings. The van der Waals surface area contributed by atoms with Gasteiger partial charge in [0.25, 0.3) is 5.91 Å². The van der Waals surface area contributed by atoms with Crippen LogP contribution in [-0.4, -0.2) is 38.8 Å². The average Bonchev–Trinajstić information content (AvgIpc) is 3.19. The molecular weight excluding hydrogens is 356 g/mol. The van der Waals surface area contributed by atoms with Crippen molar-refractivity contribution in [3.63, 3.8) is 0 Å². The maximum atomic E-state index is 12.8. The molecule has 1 aromatic heterocycles. The normalized spacial score (nSPS) is 11.9. The van der Waals surface area contributed by atoms with Crippen molar-refractivity contribution in [1.82, 2.24) is 10.3 Å². The second-order valence-corrected chi connectivity index (χ2v) is 6.51. The van der Waals surface area contributed by atoms with Crippen LogP contribution in [0, 0.1) is 0 Å². The molecule has 28 heavy (non-hydrogen) atoms. The molecule has 6 nitrogen and oxygen atoms in total. The summed E-state index contributed by atoms with van der Waals surface area (Å²) in [5, 5.41) is 3.79. The van der Waals surface area contributed by atoms with Crippen molar-refractivity contribution in [3.05, 3.63) is 53.7 Å². The standard InChI is InChI=1S/C22H26N2O4/c1-5-14(15-9-7-6-8-10-15)13-23-22(25)17-11-16-18(26-2)12-19(27-3)21(28-4)20(16)24-17/h6-12,14,24H,5,13H2,1-4H3,(H,23,25)/t14-/m0/s1. The van der Waals surface area contributed by atoms with Gasteiger partial charge in [-0.05, 0) is 18.1 Å². The van der Waals surface area contributed by atoms with Gasteiger partial charge in [-0.2, -0.15) is 0 Å². The van der Waals surface area contributed by atoms with E-state index in [1.54, 1.807) is 33.5 Å². The Bertz CT molecular complexity index is 950. The molecule has 148 valence electrons. The monoisotopic (exact) mass is 382 g/mol. The van der Waals surface area contributed by atoms with Gasteiger partial charge in [-0.25, -0.2) is 0 Å². The van der Waals surface area contributed by atoms with E-state index in [9.17, 15) is 4.79 Å². The summed E-state index contributed by atoms with van der Waals surface area (Å²) in [4.78, 5) is 15.9. The minimum Gasteiger partial charge on any atom is -0.496 e. The molecule has 3 rings (SSSR count). The topological polar surface area (TPSA) is 72.6 Å². The van der Waals surface area contributed by atoms with Crippen LogP contribution in [0.4, 0.5) is 0 Å². The number of hydrogen-bond acceptors (Lipinski definition) is 4. The highest BCUT2D eigenvalue weighted by Gasteiger charge is 2.20. The third-order valence-electron chi connectivity index (χ3n) is 4.96. The van der Waals surface area contributed by atoms with Gasteiger partial charge in [0, 0.05) is 23.9 Å². The summed E-state index contributed by atoms with van der Waals surface area (Å²) in [6, 6.07) is 13.7. The summed E-state index contributed by atoms with van der Waals surface area (Å²) in [6.07, 6.45) is 0.940. The first-order valence-corrected chi connectivity index (χ1v) is 9.27. The Morgan fingerprint density at radius 3 is 2.36 bits per heavy atom. The molecule has 0 radical (unpaired) electrons. The van der Waals surface area contributed by atoms with Crippen molar-refractivity contribution >= 4 is 16.8 Å². The van der Waals surface area contributed by atoms with Crippen LogP contribution in [-0.2, 0) is 0 Å². The highest BCUT2D eigenvalue weighted by atomic mass is 16.5. The van der Waals surface area contributed by atoms with Gasteiger partial charge in [0.05, 0.1) is 26.8 Å². The number of amides is 1. The van der Waals surface area contributed by atoms with Crippen molar-refractivity contribution in [2.24, 2.45) is 0 Å². The number of methoxy groups -OCH3 is 3. The van der Waals surface area contributed by atoms with E-state index < -0.39 is 0 Å². The molecule has 0 saturated heterocycles. The van der Waals surface area contributed by atoms with Gasteiger partial charge in [0.15, 0.2) is 11.5 Å². The first-order chi connectivity index (χ1) is 13.6. The lowest BCUT2D eigenvalue weighted by molar-refractivity contribution is 0.0946. The SMILES string of the molecule is CC[C@@H](CNC(=O)c1cc2c(OC)cc(OC)c(OC)c2[nH]1)c1ccccc1. The number of H-pyrrole nitrogens is 1. The molecule has 0 fully saturated rings. The molecule has 0 saturated carbocycles. The molecule has 0 bridgehead atoms. The zero-order valence-electron chi connectivity index (χ0n) is 16.7. The van der Waals surface area contributed by atoms with Gasteiger partial charge < -0.3 is 24.5 Å². The second kappa shape index (κ2) is 8.69. The Morgan fingerprint density at radius 1 is 1.04 bits per heavy atom. The number of carbonyl (C=O) groups excluding carboxylic acids is 1. The first-order valence-electron chi connectivity index (χ1n) is 9.27. The van der Waals surface area contributed by atoms with E-state index in [1.807, 2.05) is 18.2 Å². The maximum Gasteiger partial charge on any atom is 0.267 e. The Balaban J connectivity index is 1.86. The number of fused-ring (bicyclic) bond motifs is 1. The second-order valence-electron chi connectivity index (χ2n) is 6.51. The van der Waals surface area contributed by atoms with Gasteiger partial charge in [-0.3, -0.25) is 4.79 Å². The first kappa shape index (κ1) is 19.6. The van der Waals surface area contributed by atoms with Crippen molar-refractivity contribution in [2.45, 2.75) is 19.3 Å². The number of rotatable bonds is 8. The summed E-state index contributed by atoms with van der Waals surface area (Å²) in [7, 11) is 4.71. The number of carbonyl (C=O) groups is 1. The van der Waals surface area contributed by atoms with Crippen molar-refractivity contribution < 1.29 is 19.0 Å².